The Labute approximate surface area is 61.2 Å². The van der Waals surface area contributed by atoms with Crippen LogP contribution in [0.3, 0.4) is 0 Å². The van der Waals surface area contributed by atoms with Crippen molar-refractivity contribution < 1.29 is 13.6 Å². The van der Waals surface area contributed by atoms with Gasteiger partial charge in [-0.1, -0.05) is 6.92 Å². The maximum atomic E-state index is 11.4. The molecular weight excluding hydrogens is 151 g/mol. The summed E-state index contributed by atoms with van der Waals surface area (Å²) in [5, 5.41) is 0. The van der Waals surface area contributed by atoms with Gasteiger partial charge in [-0.2, -0.15) is 0 Å². The van der Waals surface area contributed by atoms with Gasteiger partial charge in [0.05, 0.1) is 12.7 Å². The average Bonchev–Trinajstić information content (AvgIpc) is 1.88. The monoisotopic (exact) mass is 164 g/mol. The summed E-state index contributed by atoms with van der Waals surface area (Å²) in [5.41, 5.74) is 0. The molecule has 0 radical (unpaired) electrons. The van der Waals surface area contributed by atoms with Crippen LogP contribution in [0, 0.1) is 0 Å². The molecule has 0 saturated carbocycles. The summed E-state index contributed by atoms with van der Waals surface area (Å²) < 4.78 is 21.5. The molecular formula is C6H13O3P. The van der Waals surface area contributed by atoms with Crippen molar-refractivity contribution in [2.75, 3.05) is 12.8 Å². The maximum absolute atomic E-state index is 11.4. The predicted molar refractivity (Wildman–Crippen MR) is 39.3 cm³/mol. The fraction of sp³-hybridized carbons (Fsp3) is 1.00. The quantitative estimate of drug-likeness (QED) is 0.556. The third kappa shape index (κ3) is 1.82. The van der Waals surface area contributed by atoms with Gasteiger partial charge in [-0.05, 0) is 13.3 Å². The van der Waals surface area contributed by atoms with Crippen molar-refractivity contribution in [3.63, 3.8) is 0 Å². The maximum Gasteiger partial charge on any atom is 0.330 e. The van der Waals surface area contributed by atoms with Crippen LogP contribution >= 0.6 is 7.60 Å². The standard InChI is InChI=1S/C6H13O3P/c1-3-10(7)8-5-4-6(2)9-10/h6H,3-5H2,1-2H3. The summed E-state index contributed by atoms with van der Waals surface area (Å²) in [4.78, 5) is 0. The highest BCUT2D eigenvalue weighted by molar-refractivity contribution is 7.53. The van der Waals surface area contributed by atoms with Crippen molar-refractivity contribution in [2.24, 2.45) is 0 Å². The van der Waals surface area contributed by atoms with Crippen molar-refractivity contribution in [2.45, 2.75) is 26.4 Å². The molecule has 4 heteroatoms. The van der Waals surface area contributed by atoms with E-state index in [1.807, 2.05) is 13.8 Å². The summed E-state index contributed by atoms with van der Waals surface area (Å²) >= 11 is 0. The second kappa shape index (κ2) is 3.04. The lowest BCUT2D eigenvalue weighted by atomic mass is 10.3. The zero-order valence-electron chi connectivity index (χ0n) is 6.37. The number of hydrogen-bond donors (Lipinski definition) is 0. The molecule has 3 nitrogen and oxygen atoms in total. The largest absolute Gasteiger partial charge is 0.330 e. The molecule has 0 aromatic carbocycles. The summed E-state index contributed by atoms with van der Waals surface area (Å²) in [6.45, 7) is 4.32. The summed E-state index contributed by atoms with van der Waals surface area (Å²) in [6.07, 6.45) is 1.43. The van der Waals surface area contributed by atoms with Gasteiger partial charge in [-0.25, -0.2) is 0 Å². The van der Waals surface area contributed by atoms with E-state index >= 15 is 0 Å². The Morgan fingerprint density at radius 1 is 1.70 bits per heavy atom. The highest BCUT2D eigenvalue weighted by Crippen LogP contribution is 2.51. The minimum atomic E-state index is -2.65. The van der Waals surface area contributed by atoms with E-state index in [1.54, 1.807) is 0 Å². The molecule has 0 N–H and O–H groups in total. The second-order valence-corrected chi connectivity index (χ2v) is 4.79. The minimum absolute atomic E-state index is 0.0968. The Kier molecular flexibility index (Phi) is 2.50. The fourth-order valence-electron chi connectivity index (χ4n) is 0.881. The highest BCUT2D eigenvalue weighted by atomic mass is 31.2. The van der Waals surface area contributed by atoms with E-state index in [0.29, 0.717) is 12.8 Å². The topological polar surface area (TPSA) is 35.5 Å². The zero-order valence-corrected chi connectivity index (χ0v) is 7.27. The van der Waals surface area contributed by atoms with E-state index in [-0.39, 0.29) is 6.10 Å². The van der Waals surface area contributed by atoms with E-state index < -0.39 is 7.60 Å². The lowest BCUT2D eigenvalue weighted by molar-refractivity contribution is 0.0931. The molecule has 2 atom stereocenters. The Morgan fingerprint density at radius 3 is 2.80 bits per heavy atom. The van der Waals surface area contributed by atoms with E-state index in [2.05, 4.69) is 0 Å². The molecule has 1 heterocycles. The van der Waals surface area contributed by atoms with Crippen LogP contribution in [0.2, 0.25) is 0 Å². The Balaban J connectivity index is 2.54. The molecule has 1 aliphatic heterocycles. The van der Waals surface area contributed by atoms with Gasteiger partial charge in [0, 0.05) is 6.16 Å². The third-order valence-electron chi connectivity index (χ3n) is 1.54. The lowest BCUT2D eigenvalue weighted by Gasteiger charge is -2.26. The van der Waals surface area contributed by atoms with Crippen LogP contribution in [0.4, 0.5) is 0 Å². The summed E-state index contributed by atoms with van der Waals surface area (Å²) in [6, 6.07) is 0. The molecule has 1 rings (SSSR count). The van der Waals surface area contributed by atoms with Gasteiger partial charge in [0.15, 0.2) is 0 Å². The van der Waals surface area contributed by atoms with Crippen LogP contribution in [-0.2, 0) is 13.6 Å². The van der Waals surface area contributed by atoms with Gasteiger partial charge in [-0.15, -0.1) is 0 Å². The molecule has 1 fully saturated rings. The van der Waals surface area contributed by atoms with Crippen LogP contribution in [-0.4, -0.2) is 18.9 Å². The molecule has 2 unspecified atom stereocenters. The summed E-state index contributed by atoms with van der Waals surface area (Å²) in [7, 11) is -2.65. The first-order chi connectivity index (χ1) is 4.66. The van der Waals surface area contributed by atoms with E-state index in [1.165, 1.54) is 0 Å². The van der Waals surface area contributed by atoms with Crippen molar-refractivity contribution in [3.8, 4) is 0 Å². The first-order valence-corrected chi connectivity index (χ1v) is 5.31. The molecule has 1 saturated heterocycles. The fourth-order valence-corrected chi connectivity index (χ4v) is 2.31. The SMILES string of the molecule is CCP1(=O)OCCC(C)O1. The normalized spacial score (nSPS) is 41.6. The van der Waals surface area contributed by atoms with Gasteiger partial charge in [-0.3, -0.25) is 4.57 Å². The number of rotatable bonds is 1. The molecule has 0 aromatic heterocycles. The van der Waals surface area contributed by atoms with Crippen molar-refractivity contribution in [1.82, 2.24) is 0 Å². The smallest absolute Gasteiger partial charge is 0.308 e. The highest BCUT2D eigenvalue weighted by Gasteiger charge is 2.28. The lowest BCUT2D eigenvalue weighted by Crippen LogP contribution is -2.17. The van der Waals surface area contributed by atoms with Gasteiger partial charge >= 0.3 is 7.60 Å². The van der Waals surface area contributed by atoms with Gasteiger partial charge in [0.25, 0.3) is 0 Å². The molecule has 10 heavy (non-hydrogen) atoms. The molecule has 60 valence electrons. The molecule has 0 spiro atoms. The average molecular weight is 164 g/mol. The Bertz CT molecular complexity index is 157. The zero-order chi connectivity index (χ0) is 7.61. The van der Waals surface area contributed by atoms with Gasteiger partial charge < -0.3 is 9.05 Å². The second-order valence-electron chi connectivity index (χ2n) is 2.47. The molecule has 0 amide bonds. The van der Waals surface area contributed by atoms with Crippen LogP contribution in [0.1, 0.15) is 20.3 Å². The Hall–Kier alpha value is 0.150. The first kappa shape index (κ1) is 8.25. The number of hydrogen-bond acceptors (Lipinski definition) is 3. The van der Waals surface area contributed by atoms with Crippen LogP contribution in [0.5, 0.6) is 0 Å². The summed E-state index contributed by atoms with van der Waals surface area (Å²) in [5.74, 6) is 0. The molecule has 0 aliphatic carbocycles. The van der Waals surface area contributed by atoms with Crippen LogP contribution in [0.25, 0.3) is 0 Å². The van der Waals surface area contributed by atoms with Gasteiger partial charge in [0.1, 0.15) is 0 Å². The Morgan fingerprint density at radius 2 is 2.40 bits per heavy atom. The molecule has 0 aromatic rings. The molecule has 0 bridgehead atoms. The van der Waals surface area contributed by atoms with Gasteiger partial charge in [0.2, 0.25) is 0 Å². The third-order valence-corrected chi connectivity index (χ3v) is 3.57. The van der Waals surface area contributed by atoms with E-state index in [4.69, 9.17) is 9.05 Å². The minimum Gasteiger partial charge on any atom is -0.308 e. The molecule has 1 aliphatic rings. The van der Waals surface area contributed by atoms with Crippen LogP contribution < -0.4 is 0 Å². The van der Waals surface area contributed by atoms with Crippen molar-refractivity contribution in [3.05, 3.63) is 0 Å². The predicted octanol–water partition coefficient (Wildman–Crippen LogP) is 2.02. The van der Waals surface area contributed by atoms with E-state index in [0.717, 1.165) is 6.42 Å². The first-order valence-electron chi connectivity index (χ1n) is 3.58. The van der Waals surface area contributed by atoms with Crippen LogP contribution in [0.15, 0.2) is 0 Å². The van der Waals surface area contributed by atoms with Crippen molar-refractivity contribution in [1.29, 1.82) is 0 Å². The van der Waals surface area contributed by atoms with E-state index in [9.17, 15) is 4.57 Å². The van der Waals surface area contributed by atoms with Crippen molar-refractivity contribution >= 4 is 7.60 Å².